The number of aliphatic hydroxyl groups is 1. The number of nitrogens with one attached hydrogen (secondary N) is 1. The molecule has 1 heterocycles. The van der Waals surface area contributed by atoms with Gasteiger partial charge in [0.25, 0.3) is 0 Å². The summed E-state index contributed by atoms with van der Waals surface area (Å²) in [5.41, 5.74) is -0.150. The lowest BCUT2D eigenvalue weighted by Gasteiger charge is -2.29. The lowest BCUT2D eigenvalue weighted by molar-refractivity contribution is 0.0698. The van der Waals surface area contributed by atoms with Crippen LogP contribution in [0.5, 0.6) is 0 Å². The van der Waals surface area contributed by atoms with Gasteiger partial charge in [-0.3, -0.25) is 0 Å². The molecule has 1 aromatic carbocycles. The molecular formula is C13H14Cl2N2O4. The summed E-state index contributed by atoms with van der Waals surface area (Å²) < 4.78 is 0. The van der Waals surface area contributed by atoms with Crippen molar-refractivity contribution >= 4 is 40.9 Å². The Hall–Kier alpha value is -1.50. The maximum atomic E-state index is 12.1. The zero-order valence-corrected chi connectivity index (χ0v) is 12.5. The Morgan fingerprint density at radius 1 is 1.24 bits per heavy atom. The lowest BCUT2D eigenvalue weighted by atomic mass is 10.1. The van der Waals surface area contributed by atoms with Crippen molar-refractivity contribution in [1.82, 2.24) is 4.90 Å². The van der Waals surface area contributed by atoms with E-state index in [1.165, 1.54) is 17.0 Å². The molecule has 21 heavy (non-hydrogen) atoms. The van der Waals surface area contributed by atoms with Crippen LogP contribution in [0.2, 0.25) is 10.0 Å². The molecule has 0 radical (unpaired) electrons. The third-order valence-electron chi connectivity index (χ3n) is 3.27. The summed E-state index contributed by atoms with van der Waals surface area (Å²) in [5.74, 6) is -1.23. The predicted octanol–water partition coefficient (Wildman–Crippen LogP) is 2.68. The van der Waals surface area contributed by atoms with Gasteiger partial charge in [-0.25, -0.2) is 9.59 Å². The van der Waals surface area contributed by atoms with Gasteiger partial charge in [0.1, 0.15) is 0 Å². The standard InChI is InChI=1S/C13H14Cl2N2O4/c14-7-5-9(12(19)20)11(10(15)6-7)16-13(21)17-3-1-8(18)2-4-17/h5-6,8,18H,1-4H2,(H,16,21)(H,19,20). The Morgan fingerprint density at radius 2 is 1.86 bits per heavy atom. The first-order valence-electron chi connectivity index (χ1n) is 6.35. The van der Waals surface area contributed by atoms with Crippen molar-refractivity contribution in [2.24, 2.45) is 0 Å². The Morgan fingerprint density at radius 3 is 2.43 bits per heavy atom. The third kappa shape index (κ3) is 3.78. The molecule has 0 saturated carbocycles. The van der Waals surface area contributed by atoms with E-state index >= 15 is 0 Å². The smallest absolute Gasteiger partial charge is 0.337 e. The highest BCUT2D eigenvalue weighted by Gasteiger charge is 2.24. The minimum Gasteiger partial charge on any atom is -0.478 e. The molecule has 1 aromatic rings. The number of benzene rings is 1. The van der Waals surface area contributed by atoms with Gasteiger partial charge in [0.15, 0.2) is 0 Å². The minimum atomic E-state index is -1.23. The first-order valence-corrected chi connectivity index (χ1v) is 7.10. The van der Waals surface area contributed by atoms with Crippen LogP contribution < -0.4 is 5.32 Å². The highest BCUT2D eigenvalue weighted by atomic mass is 35.5. The molecule has 0 bridgehead atoms. The van der Waals surface area contributed by atoms with Crippen LogP contribution in [0.3, 0.4) is 0 Å². The maximum absolute atomic E-state index is 12.1. The molecule has 114 valence electrons. The molecule has 1 fully saturated rings. The topological polar surface area (TPSA) is 89.9 Å². The number of aliphatic hydroxyl groups excluding tert-OH is 1. The number of urea groups is 1. The van der Waals surface area contributed by atoms with E-state index in [9.17, 15) is 14.7 Å². The number of aromatic carboxylic acids is 1. The molecule has 0 spiro atoms. The van der Waals surface area contributed by atoms with E-state index in [-0.39, 0.29) is 21.3 Å². The van der Waals surface area contributed by atoms with Crippen LogP contribution in [0.25, 0.3) is 0 Å². The SMILES string of the molecule is O=C(O)c1cc(Cl)cc(Cl)c1NC(=O)N1CCC(O)CC1. The minimum absolute atomic E-state index is 0.0182. The molecule has 2 rings (SSSR count). The predicted molar refractivity (Wildman–Crippen MR) is 79.3 cm³/mol. The molecular weight excluding hydrogens is 319 g/mol. The number of hydrogen-bond acceptors (Lipinski definition) is 3. The summed E-state index contributed by atoms with van der Waals surface area (Å²) in [5, 5.41) is 21.3. The van der Waals surface area contributed by atoms with Gasteiger partial charge < -0.3 is 20.4 Å². The van der Waals surface area contributed by atoms with Crippen LogP contribution in [0.1, 0.15) is 23.2 Å². The first kappa shape index (κ1) is 15.9. The van der Waals surface area contributed by atoms with Crippen molar-refractivity contribution in [3.8, 4) is 0 Å². The van der Waals surface area contributed by atoms with Crippen molar-refractivity contribution in [3.63, 3.8) is 0 Å². The quantitative estimate of drug-likeness (QED) is 0.776. The van der Waals surface area contributed by atoms with Gasteiger partial charge >= 0.3 is 12.0 Å². The summed E-state index contributed by atoms with van der Waals surface area (Å²) in [6.45, 7) is 0.807. The number of anilines is 1. The van der Waals surface area contributed by atoms with Gasteiger partial charge in [0.2, 0.25) is 0 Å². The zero-order chi connectivity index (χ0) is 15.6. The molecule has 0 unspecified atom stereocenters. The number of carbonyl (C=O) groups is 2. The molecule has 3 N–H and O–H groups in total. The normalized spacial score (nSPS) is 15.9. The van der Waals surface area contributed by atoms with E-state index in [2.05, 4.69) is 5.32 Å². The molecule has 1 aliphatic heterocycles. The average Bonchev–Trinajstić information content (AvgIpc) is 2.41. The Bertz CT molecular complexity index is 572. The highest BCUT2D eigenvalue weighted by Crippen LogP contribution is 2.30. The zero-order valence-electron chi connectivity index (χ0n) is 11.0. The second kappa shape index (κ2) is 6.51. The summed E-state index contributed by atoms with van der Waals surface area (Å²) in [6.07, 6.45) is 0.587. The molecule has 6 nitrogen and oxygen atoms in total. The maximum Gasteiger partial charge on any atom is 0.337 e. The van der Waals surface area contributed by atoms with Crippen molar-refractivity contribution in [2.75, 3.05) is 18.4 Å². The number of carbonyl (C=O) groups excluding carboxylic acids is 1. The number of nitrogens with zero attached hydrogens (tertiary/aromatic N) is 1. The van der Waals surface area contributed by atoms with Crippen molar-refractivity contribution < 1.29 is 19.8 Å². The van der Waals surface area contributed by atoms with Gasteiger partial charge in [0, 0.05) is 18.1 Å². The third-order valence-corrected chi connectivity index (χ3v) is 3.79. The van der Waals surface area contributed by atoms with Gasteiger partial charge in [-0.2, -0.15) is 0 Å². The van der Waals surface area contributed by atoms with Crippen LogP contribution in [0.15, 0.2) is 12.1 Å². The Kier molecular flexibility index (Phi) is 4.92. The van der Waals surface area contributed by atoms with E-state index < -0.39 is 18.1 Å². The van der Waals surface area contributed by atoms with E-state index in [1.54, 1.807) is 0 Å². The van der Waals surface area contributed by atoms with E-state index in [0.717, 1.165) is 0 Å². The number of piperidine rings is 1. The number of rotatable bonds is 2. The van der Waals surface area contributed by atoms with Crippen molar-refractivity contribution in [3.05, 3.63) is 27.7 Å². The lowest BCUT2D eigenvalue weighted by Crippen LogP contribution is -2.42. The second-order valence-corrected chi connectivity index (χ2v) is 5.61. The summed E-state index contributed by atoms with van der Waals surface area (Å²) >= 11 is 11.7. The molecule has 0 aliphatic carbocycles. The monoisotopic (exact) mass is 332 g/mol. The van der Waals surface area contributed by atoms with Gasteiger partial charge in [0.05, 0.1) is 22.4 Å². The number of carboxylic acids is 1. The number of hydrogen-bond donors (Lipinski definition) is 3. The molecule has 1 aliphatic rings. The summed E-state index contributed by atoms with van der Waals surface area (Å²) in [6, 6.07) is 2.14. The Labute approximate surface area is 131 Å². The van der Waals surface area contributed by atoms with Crippen LogP contribution in [0, 0.1) is 0 Å². The van der Waals surface area contributed by atoms with Crippen molar-refractivity contribution in [2.45, 2.75) is 18.9 Å². The van der Waals surface area contributed by atoms with Gasteiger partial charge in [-0.1, -0.05) is 23.2 Å². The average molecular weight is 333 g/mol. The highest BCUT2D eigenvalue weighted by molar-refractivity contribution is 6.37. The van der Waals surface area contributed by atoms with E-state index in [1.807, 2.05) is 0 Å². The molecule has 2 amide bonds. The van der Waals surface area contributed by atoms with E-state index in [4.69, 9.17) is 28.3 Å². The second-order valence-electron chi connectivity index (χ2n) is 4.76. The fourth-order valence-electron chi connectivity index (χ4n) is 2.12. The van der Waals surface area contributed by atoms with Crippen LogP contribution in [-0.2, 0) is 0 Å². The number of halogens is 2. The van der Waals surface area contributed by atoms with Gasteiger partial charge in [-0.05, 0) is 25.0 Å². The van der Waals surface area contributed by atoms with Crippen LogP contribution in [0.4, 0.5) is 10.5 Å². The molecule has 0 atom stereocenters. The largest absolute Gasteiger partial charge is 0.478 e. The number of likely N-dealkylation sites (tertiary alicyclic amines) is 1. The molecule has 8 heteroatoms. The van der Waals surface area contributed by atoms with E-state index in [0.29, 0.717) is 25.9 Å². The van der Waals surface area contributed by atoms with Gasteiger partial charge in [-0.15, -0.1) is 0 Å². The van der Waals surface area contributed by atoms with Crippen LogP contribution in [-0.4, -0.2) is 46.3 Å². The summed E-state index contributed by atoms with van der Waals surface area (Å²) in [4.78, 5) is 24.8. The van der Waals surface area contributed by atoms with Crippen molar-refractivity contribution in [1.29, 1.82) is 0 Å². The fraction of sp³-hybridized carbons (Fsp3) is 0.385. The fourth-order valence-corrected chi connectivity index (χ4v) is 2.66. The Balaban J connectivity index is 2.19. The number of amides is 2. The van der Waals surface area contributed by atoms with Crippen LogP contribution >= 0.6 is 23.2 Å². The first-order chi connectivity index (χ1) is 9.88. The molecule has 0 aromatic heterocycles. The summed E-state index contributed by atoms with van der Waals surface area (Å²) in [7, 11) is 0. The number of carboxylic acid groups (broad SMARTS) is 1. The molecule has 1 saturated heterocycles.